The second kappa shape index (κ2) is 26.3. The molecule has 2 aromatic carbocycles. The molecule has 0 saturated heterocycles. The number of rotatable bonds is 27. The minimum absolute atomic E-state index is 0. The van der Waals surface area contributed by atoms with E-state index in [4.69, 9.17) is 0 Å². The molecule has 0 aliphatic rings. The Morgan fingerprint density at radius 2 is 0.837 bits per heavy atom. The summed E-state index contributed by atoms with van der Waals surface area (Å²) in [4.78, 5) is -0.0366. The van der Waals surface area contributed by atoms with Gasteiger partial charge in [0.05, 0.1) is 4.90 Å². The van der Waals surface area contributed by atoms with Crippen molar-refractivity contribution in [2.24, 2.45) is 0 Å². The molecule has 0 saturated carbocycles. The van der Waals surface area contributed by atoms with E-state index in [-0.39, 0.29) is 56.3 Å². The van der Waals surface area contributed by atoms with Gasteiger partial charge in [0.2, 0.25) is 0 Å². The molecule has 0 N–H and O–H groups in total. The quantitative estimate of drug-likeness (QED) is 0.0557. The molecule has 43 heavy (non-hydrogen) atoms. The topological polar surface area (TPSA) is 57.2 Å². The van der Waals surface area contributed by atoms with Crippen LogP contribution in [0.1, 0.15) is 179 Å². The van der Waals surface area contributed by atoms with Gasteiger partial charge in [0.1, 0.15) is 10.1 Å². The van der Waals surface area contributed by atoms with Crippen LogP contribution in [0.4, 0.5) is 0 Å². The molecular weight excluding hydrogens is 576 g/mol. The monoisotopic (exact) mass is 638 g/mol. The van der Waals surface area contributed by atoms with Crippen molar-refractivity contribution in [1.29, 1.82) is 0 Å². The molecule has 0 aromatic heterocycles. The molecule has 0 spiro atoms. The predicted octanol–water partition coefficient (Wildman–Crippen LogP) is 9.24. The molecule has 2 rings (SSSR count). The van der Waals surface area contributed by atoms with E-state index < -0.39 is 10.1 Å². The number of fused-ring (bicyclic) bond motifs is 1. The van der Waals surface area contributed by atoms with Crippen molar-refractivity contribution in [3.63, 3.8) is 0 Å². The van der Waals surface area contributed by atoms with Gasteiger partial charge in [0.25, 0.3) is 0 Å². The van der Waals surface area contributed by atoms with Gasteiger partial charge in [0, 0.05) is 5.39 Å². The summed E-state index contributed by atoms with van der Waals surface area (Å²) < 4.78 is 36.6. The maximum absolute atomic E-state index is 12.2. The van der Waals surface area contributed by atoms with Crippen molar-refractivity contribution in [1.82, 2.24) is 0 Å². The van der Waals surface area contributed by atoms with Crippen LogP contribution in [0.3, 0.4) is 0 Å². The molecule has 0 aliphatic carbocycles. The van der Waals surface area contributed by atoms with Crippen LogP contribution in [0.2, 0.25) is 0 Å². The van der Waals surface area contributed by atoms with Gasteiger partial charge in [-0.15, -0.1) is 0 Å². The Bertz CT molecular complexity index is 1070. The molecule has 0 unspecified atom stereocenters. The number of unbranched alkanes of at least 4 members (excludes halogenated alkanes) is 22. The second-order valence-electron chi connectivity index (χ2n) is 12.8. The molecule has 0 atom stereocenters. The smallest absolute Gasteiger partial charge is 0.744 e. The average Bonchev–Trinajstić information content (AvgIpc) is 2.98. The summed E-state index contributed by atoms with van der Waals surface area (Å²) in [5.41, 5.74) is 2.20. The van der Waals surface area contributed by atoms with Crippen molar-refractivity contribution in [3.8, 4) is 0 Å². The fourth-order valence-electron chi connectivity index (χ4n) is 6.45. The summed E-state index contributed by atoms with van der Waals surface area (Å²) in [6.45, 7) is 4.54. The first-order valence-electron chi connectivity index (χ1n) is 18.0. The van der Waals surface area contributed by atoms with Gasteiger partial charge in [-0.3, -0.25) is 0 Å². The Hall–Kier alpha value is 0.246. The standard InChI is InChI=1S/C38H64O3S.K/c1-3-5-7-9-11-13-15-17-19-21-23-25-28-34-32-33-35(38-36(34)30-27-31-37(38)42(39,40)41)29-26-24-22-20-18-16-14-12-10-8-6-4-2;/h27,30-33H,3-26,28-29H2,1-2H3,(H,39,40,41);/q;+1/p-1. The van der Waals surface area contributed by atoms with E-state index in [9.17, 15) is 13.0 Å². The summed E-state index contributed by atoms with van der Waals surface area (Å²) in [7, 11) is -4.52. The Balaban J connectivity index is 0.00000924. The van der Waals surface area contributed by atoms with Gasteiger partial charge in [-0.05, 0) is 48.3 Å². The molecule has 0 aliphatic heterocycles. The zero-order valence-corrected chi connectivity index (χ0v) is 32.3. The molecule has 0 amide bonds. The van der Waals surface area contributed by atoms with Gasteiger partial charge in [0.15, 0.2) is 0 Å². The largest absolute Gasteiger partial charge is 1.00 e. The summed E-state index contributed by atoms with van der Waals surface area (Å²) in [6.07, 6.45) is 33.2. The third kappa shape index (κ3) is 18.2. The molecule has 0 fully saturated rings. The number of aryl methyl sites for hydroxylation is 2. The SMILES string of the molecule is CCCCCCCCCCCCCCc1ccc(CCCCCCCCCCCCCC)c2c(S(=O)(=O)[O-])cccc12.[K+]. The second-order valence-corrected chi connectivity index (χ2v) is 14.1. The van der Waals surface area contributed by atoms with Crippen molar-refractivity contribution < 1.29 is 64.4 Å². The summed E-state index contributed by atoms with van der Waals surface area (Å²) in [5.74, 6) is 0. The summed E-state index contributed by atoms with van der Waals surface area (Å²) in [5, 5.41) is 1.65. The maximum atomic E-state index is 12.2. The van der Waals surface area contributed by atoms with Gasteiger partial charge in [-0.25, -0.2) is 8.42 Å². The van der Waals surface area contributed by atoms with Gasteiger partial charge in [-0.1, -0.05) is 179 Å². The molecule has 0 bridgehead atoms. The van der Waals surface area contributed by atoms with Gasteiger partial charge in [-0.2, -0.15) is 0 Å². The van der Waals surface area contributed by atoms with Crippen LogP contribution in [0.15, 0.2) is 35.2 Å². The van der Waals surface area contributed by atoms with E-state index in [0.717, 1.165) is 43.1 Å². The summed E-state index contributed by atoms with van der Waals surface area (Å²) >= 11 is 0. The molecule has 5 heteroatoms. The third-order valence-corrected chi connectivity index (χ3v) is 9.93. The average molecular weight is 639 g/mol. The number of hydrogen-bond acceptors (Lipinski definition) is 3. The van der Waals surface area contributed by atoms with Crippen LogP contribution in [0.25, 0.3) is 10.8 Å². The Morgan fingerprint density at radius 3 is 1.23 bits per heavy atom. The van der Waals surface area contributed by atoms with Crippen LogP contribution in [0.5, 0.6) is 0 Å². The van der Waals surface area contributed by atoms with Crippen LogP contribution in [-0.4, -0.2) is 13.0 Å². The summed E-state index contributed by atoms with van der Waals surface area (Å²) in [6, 6.07) is 9.56. The van der Waals surface area contributed by atoms with E-state index >= 15 is 0 Å². The van der Waals surface area contributed by atoms with Crippen LogP contribution < -0.4 is 51.4 Å². The molecule has 0 heterocycles. The van der Waals surface area contributed by atoms with Crippen LogP contribution in [0, 0.1) is 0 Å². The first-order valence-corrected chi connectivity index (χ1v) is 19.4. The fraction of sp³-hybridized carbons (Fsp3) is 0.737. The molecule has 240 valence electrons. The van der Waals surface area contributed by atoms with Crippen LogP contribution in [-0.2, 0) is 23.0 Å². The number of hydrogen-bond donors (Lipinski definition) is 0. The van der Waals surface area contributed by atoms with Gasteiger partial charge >= 0.3 is 51.4 Å². The normalized spacial score (nSPS) is 11.7. The maximum Gasteiger partial charge on any atom is 1.00 e. The zero-order valence-electron chi connectivity index (χ0n) is 28.4. The van der Waals surface area contributed by atoms with Crippen molar-refractivity contribution in [2.45, 2.75) is 186 Å². The minimum atomic E-state index is -4.52. The van der Waals surface area contributed by atoms with E-state index in [0.29, 0.717) is 5.39 Å². The third-order valence-electron chi connectivity index (χ3n) is 9.05. The predicted molar refractivity (Wildman–Crippen MR) is 181 cm³/mol. The van der Waals surface area contributed by atoms with E-state index in [1.807, 2.05) is 6.07 Å². The van der Waals surface area contributed by atoms with Crippen molar-refractivity contribution >= 4 is 20.9 Å². The molecule has 0 radical (unpaired) electrons. The Kier molecular flexibility index (Phi) is 25.3. The molecular formula is C38H63KO3S. The van der Waals surface area contributed by atoms with E-state index in [1.165, 1.54) is 146 Å². The first kappa shape index (κ1) is 41.3. The van der Waals surface area contributed by atoms with Gasteiger partial charge < -0.3 is 4.55 Å². The van der Waals surface area contributed by atoms with E-state index in [1.54, 1.807) is 6.07 Å². The van der Waals surface area contributed by atoms with Crippen molar-refractivity contribution in [2.75, 3.05) is 0 Å². The zero-order chi connectivity index (χ0) is 30.3. The molecule has 3 nitrogen and oxygen atoms in total. The van der Waals surface area contributed by atoms with Crippen LogP contribution >= 0.6 is 0 Å². The fourth-order valence-corrected chi connectivity index (χ4v) is 7.19. The Labute approximate surface area is 309 Å². The van der Waals surface area contributed by atoms with E-state index in [2.05, 4.69) is 26.0 Å². The molecule has 2 aromatic rings. The minimum Gasteiger partial charge on any atom is -0.744 e. The number of benzene rings is 2. The Morgan fingerprint density at radius 1 is 0.488 bits per heavy atom. The first-order chi connectivity index (χ1) is 20.5. The van der Waals surface area contributed by atoms with Crippen molar-refractivity contribution in [3.05, 3.63) is 41.5 Å².